The van der Waals surface area contributed by atoms with Gasteiger partial charge in [-0.15, -0.1) is 0 Å². The molecule has 98 valence electrons. The van der Waals surface area contributed by atoms with Crippen molar-refractivity contribution < 1.29 is 9.18 Å². The van der Waals surface area contributed by atoms with Crippen LogP contribution in [0.1, 0.15) is 19.3 Å². The molecule has 0 spiro atoms. The van der Waals surface area contributed by atoms with Gasteiger partial charge in [-0.1, -0.05) is 6.42 Å². The van der Waals surface area contributed by atoms with Gasteiger partial charge in [-0.25, -0.2) is 4.39 Å². The lowest BCUT2D eigenvalue weighted by Gasteiger charge is -2.17. The number of amides is 1. The van der Waals surface area contributed by atoms with E-state index in [1.54, 1.807) is 6.07 Å². The molecule has 1 saturated carbocycles. The summed E-state index contributed by atoms with van der Waals surface area (Å²) in [6.07, 6.45) is 2.97. The lowest BCUT2D eigenvalue weighted by Crippen LogP contribution is -2.30. The number of carbonyl (C=O) groups is 1. The predicted octanol–water partition coefficient (Wildman–Crippen LogP) is 2.74. The number of nitrogens with two attached hydrogens (primary N) is 1. The standard InChI is InChI=1S/C13H16FIN2O/c14-9-4-5-12(11(15)6-9)17-13(18)10-3-1-2-8(10)7-16/h4-6,8,10H,1-3,7,16H2,(H,17,18). The quantitative estimate of drug-likeness (QED) is 0.813. The van der Waals surface area contributed by atoms with Crippen LogP contribution in [0, 0.1) is 21.2 Å². The highest BCUT2D eigenvalue weighted by molar-refractivity contribution is 14.1. The number of benzene rings is 1. The van der Waals surface area contributed by atoms with Crippen LogP contribution >= 0.6 is 22.6 Å². The number of halogens is 2. The number of carbonyl (C=O) groups excluding carboxylic acids is 1. The van der Waals surface area contributed by atoms with Gasteiger partial charge in [-0.3, -0.25) is 4.79 Å². The van der Waals surface area contributed by atoms with Crippen LogP contribution in [0.5, 0.6) is 0 Å². The Bertz CT molecular complexity index is 453. The van der Waals surface area contributed by atoms with Gasteiger partial charge >= 0.3 is 0 Å². The van der Waals surface area contributed by atoms with Crippen molar-refractivity contribution in [1.82, 2.24) is 0 Å². The van der Waals surface area contributed by atoms with Crippen molar-refractivity contribution in [1.29, 1.82) is 0 Å². The fraction of sp³-hybridized carbons (Fsp3) is 0.462. The van der Waals surface area contributed by atoms with E-state index in [4.69, 9.17) is 5.73 Å². The Morgan fingerprint density at radius 2 is 2.28 bits per heavy atom. The lowest BCUT2D eigenvalue weighted by atomic mass is 9.95. The highest BCUT2D eigenvalue weighted by Crippen LogP contribution is 2.32. The maximum atomic E-state index is 13.0. The lowest BCUT2D eigenvalue weighted by molar-refractivity contribution is -0.120. The van der Waals surface area contributed by atoms with Crippen LogP contribution in [-0.4, -0.2) is 12.5 Å². The average molecular weight is 362 g/mol. The van der Waals surface area contributed by atoms with Gasteiger partial charge in [0.05, 0.1) is 5.69 Å². The molecule has 1 aromatic rings. The zero-order chi connectivity index (χ0) is 13.1. The van der Waals surface area contributed by atoms with Gasteiger partial charge in [0.15, 0.2) is 0 Å². The summed E-state index contributed by atoms with van der Waals surface area (Å²) in [7, 11) is 0. The third-order valence-corrected chi connectivity index (χ3v) is 4.38. The number of anilines is 1. The van der Waals surface area contributed by atoms with Crippen molar-refractivity contribution in [2.24, 2.45) is 17.6 Å². The van der Waals surface area contributed by atoms with Gasteiger partial charge in [-0.2, -0.15) is 0 Å². The number of hydrogen-bond acceptors (Lipinski definition) is 2. The molecule has 1 aliphatic carbocycles. The van der Waals surface area contributed by atoms with Gasteiger partial charge in [0.1, 0.15) is 5.82 Å². The molecule has 0 saturated heterocycles. The Kier molecular flexibility index (Phi) is 4.55. The van der Waals surface area contributed by atoms with E-state index in [-0.39, 0.29) is 23.6 Å². The fourth-order valence-corrected chi connectivity index (χ4v) is 3.09. The van der Waals surface area contributed by atoms with E-state index in [1.807, 2.05) is 22.6 Å². The Hall–Kier alpha value is -0.690. The average Bonchev–Trinajstić information content (AvgIpc) is 2.81. The van der Waals surface area contributed by atoms with Crippen LogP contribution < -0.4 is 11.1 Å². The van der Waals surface area contributed by atoms with Crippen molar-refractivity contribution in [3.8, 4) is 0 Å². The molecule has 0 heterocycles. The summed E-state index contributed by atoms with van der Waals surface area (Å²) in [4.78, 5) is 12.2. The molecule has 1 amide bonds. The van der Waals surface area contributed by atoms with Crippen molar-refractivity contribution in [3.63, 3.8) is 0 Å². The molecule has 2 atom stereocenters. The minimum absolute atomic E-state index is 0.00384. The summed E-state index contributed by atoms with van der Waals surface area (Å²) < 4.78 is 13.7. The molecule has 1 aliphatic rings. The van der Waals surface area contributed by atoms with E-state index >= 15 is 0 Å². The molecular formula is C13H16FIN2O. The van der Waals surface area contributed by atoms with Crippen LogP contribution in [0.25, 0.3) is 0 Å². The molecule has 1 aromatic carbocycles. The van der Waals surface area contributed by atoms with Gasteiger partial charge in [0.2, 0.25) is 5.91 Å². The minimum atomic E-state index is -0.293. The first-order chi connectivity index (χ1) is 8.61. The number of rotatable bonds is 3. The number of nitrogens with one attached hydrogen (secondary N) is 1. The Labute approximate surface area is 119 Å². The molecule has 3 nitrogen and oxygen atoms in total. The van der Waals surface area contributed by atoms with E-state index < -0.39 is 0 Å². The van der Waals surface area contributed by atoms with E-state index in [2.05, 4.69) is 5.32 Å². The second-order valence-corrected chi connectivity index (χ2v) is 5.81. The Balaban J connectivity index is 2.07. The smallest absolute Gasteiger partial charge is 0.227 e. The van der Waals surface area contributed by atoms with Crippen molar-refractivity contribution in [3.05, 3.63) is 27.6 Å². The largest absolute Gasteiger partial charge is 0.330 e. The first kappa shape index (κ1) is 13.7. The van der Waals surface area contributed by atoms with E-state index in [9.17, 15) is 9.18 Å². The molecule has 2 rings (SSSR count). The summed E-state index contributed by atoms with van der Waals surface area (Å²) in [5.41, 5.74) is 6.35. The second-order valence-electron chi connectivity index (χ2n) is 4.65. The maximum absolute atomic E-state index is 13.0. The highest BCUT2D eigenvalue weighted by Gasteiger charge is 2.32. The fourth-order valence-electron chi connectivity index (χ4n) is 2.48. The zero-order valence-electron chi connectivity index (χ0n) is 9.96. The summed E-state index contributed by atoms with van der Waals surface area (Å²) >= 11 is 2.02. The van der Waals surface area contributed by atoms with Crippen molar-refractivity contribution in [2.45, 2.75) is 19.3 Å². The minimum Gasteiger partial charge on any atom is -0.330 e. The summed E-state index contributed by atoms with van der Waals surface area (Å²) in [5, 5.41) is 2.88. The molecule has 0 aromatic heterocycles. The molecule has 0 radical (unpaired) electrons. The maximum Gasteiger partial charge on any atom is 0.227 e. The summed E-state index contributed by atoms with van der Waals surface area (Å²) in [5.74, 6) is -0.00969. The zero-order valence-corrected chi connectivity index (χ0v) is 12.1. The number of hydrogen-bond donors (Lipinski definition) is 2. The third kappa shape index (κ3) is 3.00. The Morgan fingerprint density at radius 1 is 1.50 bits per heavy atom. The van der Waals surface area contributed by atoms with Crippen LogP contribution in [-0.2, 0) is 4.79 Å². The molecule has 0 aliphatic heterocycles. The first-order valence-electron chi connectivity index (χ1n) is 6.08. The summed E-state index contributed by atoms with van der Waals surface area (Å²) in [6.45, 7) is 0.554. The van der Waals surface area contributed by atoms with Gasteiger partial charge in [0, 0.05) is 9.49 Å². The van der Waals surface area contributed by atoms with Crippen LogP contribution in [0.2, 0.25) is 0 Å². The first-order valence-corrected chi connectivity index (χ1v) is 7.15. The molecule has 2 unspecified atom stereocenters. The molecule has 1 fully saturated rings. The van der Waals surface area contributed by atoms with E-state index in [1.165, 1.54) is 12.1 Å². The molecule has 3 N–H and O–H groups in total. The topological polar surface area (TPSA) is 55.1 Å². The molecular weight excluding hydrogens is 346 g/mol. The van der Waals surface area contributed by atoms with Crippen molar-refractivity contribution in [2.75, 3.05) is 11.9 Å². The van der Waals surface area contributed by atoms with Gasteiger partial charge in [-0.05, 0) is 66.1 Å². The molecule has 0 bridgehead atoms. The van der Waals surface area contributed by atoms with Crippen LogP contribution in [0.3, 0.4) is 0 Å². The third-order valence-electron chi connectivity index (χ3n) is 3.49. The van der Waals surface area contributed by atoms with Crippen molar-refractivity contribution >= 4 is 34.2 Å². The second kappa shape index (κ2) is 5.97. The van der Waals surface area contributed by atoms with Gasteiger partial charge < -0.3 is 11.1 Å². The molecule has 5 heteroatoms. The van der Waals surface area contributed by atoms with Crippen LogP contribution in [0.4, 0.5) is 10.1 Å². The molecule has 18 heavy (non-hydrogen) atoms. The van der Waals surface area contributed by atoms with Crippen LogP contribution in [0.15, 0.2) is 18.2 Å². The van der Waals surface area contributed by atoms with E-state index in [0.29, 0.717) is 15.8 Å². The summed E-state index contributed by atoms with van der Waals surface area (Å²) in [6, 6.07) is 4.36. The van der Waals surface area contributed by atoms with Gasteiger partial charge in [0.25, 0.3) is 0 Å². The van der Waals surface area contributed by atoms with E-state index in [0.717, 1.165) is 19.3 Å². The normalized spacial score (nSPS) is 23.1. The SMILES string of the molecule is NCC1CCCC1C(=O)Nc1ccc(F)cc1I. The predicted molar refractivity (Wildman–Crippen MR) is 77.6 cm³/mol. The highest BCUT2D eigenvalue weighted by atomic mass is 127. The Morgan fingerprint density at radius 3 is 2.94 bits per heavy atom. The monoisotopic (exact) mass is 362 g/mol.